The van der Waals surface area contributed by atoms with Crippen LogP contribution in [0.1, 0.15) is 46.3 Å². The monoisotopic (exact) mass is 360 g/mol. The van der Waals surface area contributed by atoms with Crippen molar-refractivity contribution in [3.8, 4) is 11.8 Å². The second-order valence-electron chi connectivity index (χ2n) is 6.83. The second-order valence-corrected chi connectivity index (χ2v) is 6.83. The van der Waals surface area contributed by atoms with Gasteiger partial charge in [-0.2, -0.15) is 0 Å². The molecule has 0 atom stereocenters. The highest BCUT2D eigenvalue weighted by Gasteiger charge is 2.19. The molecule has 2 aromatic rings. The maximum absolute atomic E-state index is 12.2. The molecule has 1 saturated heterocycles. The molecule has 2 amide bonds. The summed E-state index contributed by atoms with van der Waals surface area (Å²) in [5, 5.41) is 2.82. The van der Waals surface area contributed by atoms with Gasteiger partial charge in [0, 0.05) is 29.8 Å². The highest BCUT2D eigenvalue weighted by Crippen LogP contribution is 2.21. The van der Waals surface area contributed by atoms with Crippen LogP contribution in [0.5, 0.6) is 0 Å². The highest BCUT2D eigenvalue weighted by molar-refractivity contribution is 5.95. The summed E-state index contributed by atoms with van der Waals surface area (Å²) in [5.74, 6) is 6.09. The fourth-order valence-electron chi connectivity index (χ4n) is 3.06. The minimum atomic E-state index is -0.119. The van der Waals surface area contributed by atoms with E-state index < -0.39 is 0 Å². The fourth-order valence-corrected chi connectivity index (χ4v) is 3.06. The topological polar surface area (TPSA) is 49.4 Å². The number of nitrogens with zero attached hydrogens (tertiary/aromatic N) is 1. The lowest BCUT2D eigenvalue weighted by Crippen LogP contribution is -2.35. The van der Waals surface area contributed by atoms with Gasteiger partial charge in [-0.05, 0) is 74.2 Å². The Morgan fingerprint density at radius 1 is 1.07 bits per heavy atom. The fraction of sp³-hybridized carbons (Fsp3) is 0.304. The third-order valence-electron chi connectivity index (χ3n) is 4.84. The molecule has 1 aliphatic heterocycles. The summed E-state index contributed by atoms with van der Waals surface area (Å²) in [6.45, 7) is 5.09. The first-order valence-electron chi connectivity index (χ1n) is 9.29. The Hall–Kier alpha value is -3.06. The molecule has 0 aromatic heterocycles. The number of benzene rings is 2. The van der Waals surface area contributed by atoms with E-state index in [1.165, 1.54) is 5.56 Å². The number of hydrogen-bond acceptors (Lipinski definition) is 2. The van der Waals surface area contributed by atoms with Gasteiger partial charge in [0.2, 0.25) is 5.91 Å². The van der Waals surface area contributed by atoms with Gasteiger partial charge < -0.3 is 10.2 Å². The van der Waals surface area contributed by atoms with E-state index in [9.17, 15) is 9.59 Å². The molecule has 1 N–H and O–H groups in total. The van der Waals surface area contributed by atoms with Gasteiger partial charge >= 0.3 is 0 Å². The maximum atomic E-state index is 12.2. The van der Waals surface area contributed by atoms with Crippen molar-refractivity contribution >= 4 is 17.5 Å². The molecule has 0 bridgehead atoms. The smallest absolute Gasteiger partial charge is 0.252 e. The van der Waals surface area contributed by atoms with E-state index >= 15 is 0 Å². The first-order valence-corrected chi connectivity index (χ1v) is 9.29. The Balaban J connectivity index is 1.55. The predicted octanol–water partition coefficient (Wildman–Crippen LogP) is 3.60. The Morgan fingerprint density at radius 2 is 1.85 bits per heavy atom. The van der Waals surface area contributed by atoms with Gasteiger partial charge in [0.15, 0.2) is 0 Å². The van der Waals surface area contributed by atoms with Gasteiger partial charge in [0.25, 0.3) is 5.91 Å². The van der Waals surface area contributed by atoms with Gasteiger partial charge in [-0.1, -0.05) is 17.9 Å². The van der Waals surface area contributed by atoms with E-state index in [1.54, 1.807) is 0 Å². The van der Waals surface area contributed by atoms with Crippen LogP contribution in [0.25, 0.3) is 0 Å². The molecule has 1 aliphatic rings. The van der Waals surface area contributed by atoms with E-state index in [2.05, 4.69) is 17.2 Å². The van der Waals surface area contributed by atoms with Gasteiger partial charge in [-0.3, -0.25) is 9.59 Å². The average Bonchev–Trinajstić information content (AvgIpc) is 2.68. The Morgan fingerprint density at radius 3 is 2.56 bits per heavy atom. The largest absolute Gasteiger partial charge is 0.341 e. The van der Waals surface area contributed by atoms with Crippen molar-refractivity contribution in [2.24, 2.45) is 0 Å². The summed E-state index contributed by atoms with van der Waals surface area (Å²) in [6, 6.07) is 13.3. The van der Waals surface area contributed by atoms with Crippen molar-refractivity contribution in [1.29, 1.82) is 0 Å². The normalized spacial score (nSPS) is 13.7. The van der Waals surface area contributed by atoms with Gasteiger partial charge in [-0.15, -0.1) is 0 Å². The molecular weight excluding hydrogens is 336 g/mol. The number of nitrogens with one attached hydrogen (secondary N) is 1. The lowest BCUT2D eigenvalue weighted by atomic mass is 10.1. The van der Waals surface area contributed by atoms with E-state index in [0.29, 0.717) is 12.0 Å². The minimum Gasteiger partial charge on any atom is -0.341 e. The second kappa shape index (κ2) is 8.55. The molecule has 27 heavy (non-hydrogen) atoms. The van der Waals surface area contributed by atoms with E-state index in [-0.39, 0.29) is 18.4 Å². The Labute approximate surface area is 160 Å². The van der Waals surface area contributed by atoms with Crippen LogP contribution in [0.3, 0.4) is 0 Å². The lowest BCUT2D eigenvalue weighted by molar-refractivity contribution is -0.119. The molecule has 3 rings (SSSR count). The van der Waals surface area contributed by atoms with Crippen molar-refractivity contribution in [1.82, 2.24) is 5.32 Å². The molecule has 138 valence electrons. The highest BCUT2D eigenvalue weighted by atomic mass is 16.2. The number of rotatable bonds is 3. The van der Waals surface area contributed by atoms with Gasteiger partial charge in [0.05, 0.1) is 6.54 Å². The molecule has 0 aliphatic carbocycles. The van der Waals surface area contributed by atoms with Crippen molar-refractivity contribution in [3.63, 3.8) is 0 Å². The molecule has 1 heterocycles. The van der Waals surface area contributed by atoms with Gasteiger partial charge in [0.1, 0.15) is 0 Å². The zero-order valence-corrected chi connectivity index (χ0v) is 15.8. The molecule has 0 spiro atoms. The van der Waals surface area contributed by atoms with Gasteiger partial charge in [-0.25, -0.2) is 0 Å². The zero-order chi connectivity index (χ0) is 19.2. The summed E-state index contributed by atoms with van der Waals surface area (Å²) in [7, 11) is 0. The number of aryl methyl sites for hydroxylation is 2. The molecule has 0 radical (unpaired) electrons. The first kappa shape index (κ1) is 18.7. The maximum Gasteiger partial charge on any atom is 0.252 e. The van der Waals surface area contributed by atoms with Crippen LogP contribution in [-0.2, 0) is 4.79 Å². The average molecular weight is 360 g/mol. The number of hydrogen-bond donors (Lipinski definition) is 1. The van der Waals surface area contributed by atoms with Crippen LogP contribution in [0, 0.1) is 25.7 Å². The third kappa shape index (κ3) is 4.77. The van der Waals surface area contributed by atoms with E-state index in [4.69, 9.17) is 0 Å². The van der Waals surface area contributed by atoms with Crippen molar-refractivity contribution < 1.29 is 9.59 Å². The van der Waals surface area contributed by atoms with Crippen molar-refractivity contribution in [2.45, 2.75) is 33.1 Å². The third-order valence-corrected chi connectivity index (χ3v) is 4.84. The Bertz CT molecular complexity index is 904. The molecule has 1 fully saturated rings. The van der Waals surface area contributed by atoms with Crippen molar-refractivity contribution in [3.05, 3.63) is 64.7 Å². The summed E-state index contributed by atoms with van der Waals surface area (Å²) in [5.41, 5.74) is 4.70. The molecular formula is C23H24N2O2. The van der Waals surface area contributed by atoms with Crippen molar-refractivity contribution in [2.75, 3.05) is 18.0 Å². The number of amides is 2. The molecule has 0 saturated carbocycles. The first-order chi connectivity index (χ1) is 13.0. The molecule has 2 aromatic carbocycles. The standard InChI is InChI=1S/C23H24N2O2/c1-17-8-11-20(16-18(17)2)23(27)24-14-5-6-19-9-12-21(13-10-19)25-15-4-3-7-22(25)26/h8-13,16H,3-4,7,14-15H2,1-2H3,(H,24,27). The Kier molecular flexibility index (Phi) is 5.93. The van der Waals surface area contributed by atoms with Crippen LogP contribution in [0.2, 0.25) is 0 Å². The minimum absolute atomic E-state index is 0.119. The molecule has 4 nitrogen and oxygen atoms in total. The quantitative estimate of drug-likeness (QED) is 0.850. The number of carbonyl (C=O) groups is 2. The summed E-state index contributed by atoms with van der Waals surface area (Å²) in [4.78, 5) is 26.0. The number of anilines is 1. The number of piperidine rings is 1. The van der Waals surface area contributed by atoms with E-state index in [0.717, 1.165) is 36.2 Å². The molecule has 4 heteroatoms. The van der Waals surface area contributed by atoms with E-state index in [1.807, 2.05) is 61.2 Å². The SMILES string of the molecule is Cc1ccc(C(=O)NCC#Cc2ccc(N3CCCCC3=O)cc2)cc1C. The summed E-state index contributed by atoms with van der Waals surface area (Å²) in [6.07, 6.45) is 2.65. The summed E-state index contributed by atoms with van der Waals surface area (Å²) >= 11 is 0. The predicted molar refractivity (Wildman–Crippen MR) is 108 cm³/mol. The molecule has 0 unspecified atom stereocenters. The number of carbonyl (C=O) groups excluding carboxylic acids is 2. The van der Waals surface area contributed by atoms with Crippen LogP contribution in [-0.4, -0.2) is 24.9 Å². The van der Waals surface area contributed by atoms with Crippen LogP contribution in [0.4, 0.5) is 5.69 Å². The zero-order valence-electron chi connectivity index (χ0n) is 15.8. The van der Waals surface area contributed by atoms with Crippen LogP contribution >= 0.6 is 0 Å². The van der Waals surface area contributed by atoms with Crippen LogP contribution in [0.15, 0.2) is 42.5 Å². The summed E-state index contributed by atoms with van der Waals surface area (Å²) < 4.78 is 0. The lowest BCUT2D eigenvalue weighted by Gasteiger charge is -2.26. The van der Waals surface area contributed by atoms with Crippen LogP contribution < -0.4 is 10.2 Å².